The van der Waals surface area contributed by atoms with Gasteiger partial charge in [0, 0.05) is 11.1 Å². The number of carbonyl (C=O) groups excluding carboxylic acids is 2. The van der Waals surface area contributed by atoms with Crippen molar-refractivity contribution >= 4 is 23.3 Å². The largest absolute Gasteiger partial charge is 0.497 e. The fourth-order valence-corrected chi connectivity index (χ4v) is 3.44. The quantitative estimate of drug-likeness (QED) is 0.342. The molecular weight excluding hydrogens is 489 g/mol. The molecule has 2 heterocycles. The van der Waals surface area contributed by atoms with Crippen LogP contribution in [-0.4, -0.2) is 39.8 Å². The number of imidazole rings is 1. The number of hydrogen-bond acceptors (Lipinski definition) is 6. The lowest BCUT2D eigenvalue weighted by atomic mass is 9.87. The van der Waals surface area contributed by atoms with Gasteiger partial charge in [-0.25, -0.2) is 14.3 Å². The highest BCUT2D eigenvalue weighted by molar-refractivity contribution is 6.05. The number of fused-ring (bicyclic) bond motifs is 1. The minimum atomic E-state index is -5.33. The smallest absolute Gasteiger partial charge is 0.493 e. The molecule has 4 rings (SSSR count). The van der Waals surface area contributed by atoms with Gasteiger partial charge < -0.3 is 9.57 Å². The maximum atomic E-state index is 13.2. The van der Waals surface area contributed by atoms with Gasteiger partial charge in [0.2, 0.25) is 0 Å². The van der Waals surface area contributed by atoms with E-state index < -0.39 is 18.1 Å². The van der Waals surface area contributed by atoms with Gasteiger partial charge in [-0.15, -0.1) is 5.06 Å². The number of ether oxygens (including phenoxy) is 1. The maximum Gasteiger partial charge on any atom is 0.493 e. The first-order valence-corrected chi connectivity index (χ1v) is 11.1. The fraction of sp³-hybridized carbons (Fsp3) is 0.231. The van der Waals surface area contributed by atoms with E-state index in [1.807, 2.05) is 20.8 Å². The molecule has 0 N–H and O–H groups in total. The van der Waals surface area contributed by atoms with Crippen LogP contribution < -0.4 is 9.80 Å². The van der Waals surface area contributed by atoms with Gasteiger partial charge in [0.25, 0.3) is 5.91 Å². The van der Waals surface area contributed by atoms with Crippen LogP contribution in [0.4, 0.5) is 19.0 Å². The number of amides is 1. The number of rotatable bonds is 4. The zero-order valence-electron chi connectivity index (χ0n) is 20.4. The van der Waals surface area contributed by atoms with Crippen molar-refractivity contribution in [3.63, 3.8) is 0 Å². The molecule has 0 saturated heterocycles. The SMILES string of the molecule is COc1ccc(-c2ccc3nc(N(OC(=O)C(F)(F)F)C(=O)c4ccc(C(C)(C)C)cc4)cn3n2)cc1. The monoisotopic (exact) mass is 512 g/mol. The zero-order chi connectivity index (χ0) is 27.0. The van der Waals surface area contributed by atoms with E-state index in [1.54, 1.807) is 55.6 Å². The molecule has 0 aliphatic rings. The Kier molecular flexibility index (Phi) is 6.64. The van der Waals surface area contributed by atoms with Gasteiger partial charge >= 0.3 is 12.1 Å². The average molecular weight is 512 g/mol. The standard InChI is InChI=1S/C26H23F3N4O4/c1-25(2,3)18-9-5-17(6-10-18)23(34)33(37-24(35)26(27,28)29)22-15-32-21(30-22)14-13-20(31-32)16-7-11-19(36-4)12-8-16/h5-15H,1-4H3. The lowest BCUT2D eigenvalue weighted by Gasteiger charge is -2.21. The number of methoxy groups -OCH3 is 1. The lowest BCUT2D eigenvalue weighted by Crippen LogP contribution is -2.39. The molecule has 1 amide bonds. The van der Waals surface area contributed by atoms with Gasteiger partial charge in [-0.3, -0.25) is 4.79 Å². The van der Waals surface area contributed by atoms with Gasteiger partial charge in [-0.05, 0) is 59.5 Å². The summed E-state index contributed by atoms with van der Waals surface area (Å²) in [5, 5.41) is 4.64. The third kappa shape index (κ3) is 5.55. The molecule has 192 valence electrons. The molecule has 2 aromatic carbocycles. The number of aromatic nitrogens is 3. The first kappa shape index (κ1) is 25.7. The normalized spacial score (nSPS) is 11.9. The summed E-state index contributed by atoms with van der Waals surface area (Å²) in [6.07, 6.45) is -4.12. The molecule has 0 atom stereocenters. The molecule has 0 bridgehead atoms. The van der Waals surface area contributed by atoms with Crippen LogP contribution in [0.5, 0.6) is 5.75 Å². The number of halogens is 3. The molecule has 0 aliphatic heterocycles. The summed E-state index contributed by atoms with van der Waals surface area (Å²) in [5.74, 6) is -3.25. The van der Waals surface area contributed by atoms with Gasteiger partial charge in [0.15, 0.2) is 11.5 Å². The van der Waals surface area contributed by atoms with E-state index in [2.05, 4.69) is 14.9 Å². The van der Waals surface area contributed by atoms with Crippen molar-refractivity contribution in [1.29, 1.82) is 0 Å². The molecule has 11 heteroatoms. The molecule has 0 fully saturated rings. The number of alkyl halides is 3. The first-order valence-electron chi connectivity index (χ1n) is 11.1. The average Bonchev–Trinajstić information content (AvgIpc) is 3.29. The van der Waals surface area contributed by atoms with Crippen molar-refractivity contribution in [1.82, 2.24) is 14.6 Å². The number of anilines is 1. The molecule has 0 unspecified atom stereocenters. The number of hydroxylamine groups is 1. The number of benzene rings is 2. The lowest BCUT2D eigenvalue weighted by molar-refractivity contribution is -0.200. The number of nitrogens with zero attached hydrogens (tertiary/aromatic N) is 4. The van der Waals surface area contributed by atoms with E-state index in [1.165, 1.54) is 22.8 Å². The summed E-state index contributed by atoms with van der Waals surface area (Å²) in [7, 11) is 1.55. The second-order valence-electron chi connectivity index (χ2n) is 9.15. The Morgan fingerprint density at radius 2 is 1.57 bits per heavy atom. The Hall–Kier alpha value is -4.41. The zero-order valence-corrected chi connectivity index (χ0v) is 20.4. The Balaban J connectivity index is 1.71. The molecule has 8 nitrogen and oxygen atoms in total. The number of hydrogen-bond donors (Lipinski definition) is 0. The fourth-order valence-electron chi connectivity index (χ4n) is 3.44. The van der Waals surface area contributed by atoms with Crippen molar-refractivity contribution in [2.45, 2.75) is 32.4 Å². The molecular formula is C26H23F3N4O4. The molecule has 0 aliphatic carbocycles. The Morgan fingerprint density at radius 1 is 0.919 bits per heavy atom. The molecule has 37 heavy (non-hydrogen) atoms. The molecule has 4 aromatic rings. The summed E-state index contributed by atoms with van der Waals surface area (Å²) in [5.41, 5.74) is 2.20. The van der Waals surface area contributed by atoms with Crippen LogP contribution in [0.1, 0.15) is 36.7 Å². The van der Waals surface area contributed by atoms with Crippen LogP contribution in [0.15, 0.2) is 66.9 Å². The van der Waals surface area contributed by atoms with E-state index in [0.29, 0.717) is 11.4 Å². The summed E-state index contributed by atoms with van der Waals surface area (Å²) in [6, 6.07) is 16.6. The van der Waals surface area contributed by atoms with E-state index in [4.69, 9.17) is 4.74 Å². The Labute approximate surface area is 210 Å². The van der Waals surface area contributed by atoms with Gasteiger partial charge in [-0.2, -0.15) is 18.3 Å². The summed E-state index contributed by atoms with van der Waals surface area (Å²) in [6.45, 7) is 5.93. The Bertz CT molecular complexity index is 1440. The van der Waals surface area contributed by atoms with Gasteiger partial charge in [0.1, 0.15) is 5.75 Å². The summed E-state index contributed by atoms with van der Waals surface area (Å²) in [4.78, 5) is 33.5. The van der Waals surface area contributed by atoms with Crippen LogP contribution in [0.3, 0.4) is 0 Å². The van der Waals surface area contributed by atoms with E-state index >= 15 is 0 Å². The van der Waals surface area contributed by atoms with Gasteiger partial charge in [-0.1, -0.05) is 32.9 Å². The number of carbonyl (C=O) groups is 2. The van der Waals surface area contributed by atoms with Crippen LogP contribution in [-0.2, 0) is 15.0 Å². The second kappa shape index (κ2) is 9.57. The predicted molar refractivity (Wildman–Crippen MR) is 129 cm³/mol. The highest BCUT2D eigenvalue weighted by atomic mass is 19.4. The topological polar surface area (TPSA) is 86.0 Å². The first-order chi connectivity index (χ1) is 17.4. The van der Waals surface area contributed by atoms with Crippen LogP contribution in [0.25, 0.3) is 16.9 Å². The molecule has 2 aromatic heterocycles. The van der Waals surface area contributed by atoms with Crippen molar-refractivity contribution in [2.75, 3.05) is 12.2 Å². The molecule has 0 spiro atoms. The van der Waals surface area contributed by atoms with Crippen LogP contribution in [0.2, 0.25) is 0 Å². The van der Waals surface area contributed by atoms with E-state index in [-0.39, 0.29) is 27.5 Å². The Morgan fingerprint density at radius 3 is 2.14 bits per heavy atom. The minimum Gasteiger partial charge on any atom is -0.497 e. The van der Waals surface area contributed by atoms with Crippen LogP contribution >= 0.6 is 0 Å². The van der Waals surface area contributed by atoms with E-state index in [0.717, 1.165) is 11.1 Å². The van der Waals surface area contributed by atoms with Crippen molar-refractivity contribution < 1.29 is 32.3 Å². The third-order valence-corrected chi connectivity index (χ3v) is 5.49. The summed E-state index contributed by atoms with van der Waals surface area (Å²) >= 11 is 0. The molecule has 0 saturated carbocycles. The van der Waals surface area contributed by atoms with Crippen molar-refractivity contribution in [3.8, 4) is 17.0 Å². The van der Waals surface area contributed by atoms with Crippen molar-refractivity contribution in [2.24, 2.45) is 0 Å². The van der Waals surface area contributed by atoms with Crippen molar-refractivity contribution in [3.05, 3.63) is 78.0 Å². The third-order valence-electron chi connectivity index (χ3n) is 5.49. The molecule has 0 radical (unpaired) electrons. The van der Waals surface area contributed by atoms with Gasteiger partial charge in [0.05, 0.1) is 19.0 Å². The predicted octanol–water partition coefficient (Wildman–Crippen LogP) is 5.37. The van der Waals surface area contributed by atoms with Crippen LogP contribution in [0, 0.1) is 0 Å². The second-order valence-corrected chi connectivity index (χ2v) is 9.15. The summed E-state index contributed by atoms with van der Waals surface area (Å²) < 4.78 is 45.5. The highest BCUT2D eigenvalue weighted by Gasteiger charge is 2.44. The minimum absolute atomic E-state index is 0.00640. The highest BCUT2D eigenvalue weighted by Crippen LogP contribution is 2.26. The maximum absolute atomic E-state index is 13.2. The van der Waals surface area contributed by atoms with E-state index in [9.17, 15) is 22.8 Å².